The summed E-state index contributed by atoms with van der Waals surface area (Å²) in [7, 11) is 0. The summed E-state index contributed by atoms with van der Waals surface area (Å²) in [5, 5.41) is 17.8. The molecule has 7 heteroatoms. The third-order valence-corrected chi connectivity index (χ3v) is 5.46. The van der Waals surface area contributed by atoms with Crippen molar-refractivity contribution < 1.29 is 4.42 Å². The van der Waals surface area contributed by atoms with Crippen LogP contribution in [0.4, 0.5) is 0 Å². The van der Waals surface area contributed by atoms with Crippen LogP contribution in [0, 0.1) is 13.8 Å². The van der Waals surface area contributed by atoms with Gasteiger partial charge in [0.15, 0.2) is 11.0 Å². The van der Waals surface area contributed by atoms with Crippen molar-refractivity contribution in [3.8, 4) is 17.1 Å². The van der Waals surface area contributed by atoms with E-state index in [0.717, 1.165) is 28.7 Å². The van der Waals surface area contributed by atoms with E-state index < -0.39 is 0 Å². The second-order valence-corrected chi connectivity index (χ2v) is 7.45. The van der Waals surface area contributed by atoms with Gasteiger partial charge in [-0.3, -0.25) is 4.57 Å². The summed E-state index contributed by atoms with van der Waals surface area (Å²) < 4.78 is 7.71. The standard InChI is InChI=1S/C21H21N5OS/c1-4-18-22-23-19(27-18)13-28-21-25-24-20(16-8-6-5-7-9-16)26(21)17-11-10-14(2)15(3)12-17/h5-12H,4,13H2,1-3H3. The van der Waals surface area contributed by atoms with Crippen molar-refractivity contribution in [2.45, 2.75) is 38.1 Å². The maximum Gasteiger partial charge on any atom is 0.226 e. The number of nitrogens with zero attached hydrogens (tertiary/aromatic N) is 5. The zero-order chi connectivity index (χ0) is 19.5. The number of aryl methyl sites for hydroxylation is 3. The van der Waals surface area contributed by atoms with E-state index in [-0.39, 0.29) is 0 Å². The first-order valence-electron chi connectivity index (χ1n) is 9.18. The van der Waals surface area contributed by atoms with Crippen LogP contribution in [0.15, 0.2) is 58.1 Å². The molecule has 2 aromatic heterocycles. The highest BCUT2D eigenvalue weighted by Gasteiger charge is 2.17. The highest BCUT2D eigenvalue weighted by atomic mass is 32.2. The summed E-state index contributed by atoms with van der Waals surface area (Å²) in [5.74, 6) is 2.60. The lowest BCUT2D eigenvalue weighted by Crippen LogP contribution is -2.01. The van der Waals surface area contributed by atoms with Gasteiger partial charge in [-0.15, -0.1) is 20.4 Å². The summed E-state index contributed by atoms with van der Waals surface area (Å²) in [6.07, 6.45) is 0.731. The predicted octanol–water partition coefficient (Wildman–Crippen LogP) is 4.79. The van der Waals surface area contributed by atoms with E-state index in [9.17, 15) is 0 Å². The Balaban J connectivity index is 1.73. The van der Waals surface area contributed by atoms with E-state index in [2.05, 4.69) is 57.0 Å². The minimum Gasteiger partial charge on any atom is -0.424 e. The molecule has 0 N–H and O–H groups in total. The van der Waals surface area contributed by atoms with E-state index >= 15 is 0 Å². The molecule has 142 valence electrons. The van der Waals surface area contributed by atoms with Crippen LogP contribution in [0.2, 0.25) is 0 Å². The molecule has 0 aliphatic rings. The number of aromatic nitrogens is 5. The largest absolute Gasteiger partial charge is 0.424 e. The molecule has 2 heterocycles. The van der Waals surface area contributed by atoms with Gasteiger partial charge >= 0.3 is 0 Å². The average molecular weight is 392 g/mol. The van der Waals surface area contributed by atoms with Crippen molar-refractivity contribution >= 4 is 11.8 Å². The van der Waals surface area contributed by atoms with Gasteiger partial charge in [-0.25, -0.2) is 0 Å². The van der Waals surface area contributed by atoms with Gasteiger partial charge in [-0.2, -0.15) is 0 Å². The SMILES string of the molecule is CCc1nnc(CSc2nnc(-c3ccccc3)n2-c2ccc(C)c(C)c2)o1. The van der Waals surface area contributed by atoms with Gasteiger partial charge in [0.25, 0.3) is 0 Å². The maximum absolute atomic E-state index is 5.63. The van der Waals surface area contributed by atoms with Crippen molar-refractivity contribution in [1.29, 1.82) is 0 Å². The molecular weight excluding hydrogens is 370 g/mol. The molecule has 6 nitrogen and oxygen atoms in total. The summed E-state index contributed by atoms with van der Waals surface area (Å²) in [4.78, 5) is 0. The number of hydrogen-bond donors (Lipinski definition) is 0. The fraction of sp³-hybridized carbons (Fsp3) is 0.238. The van der Waals surface area contributed by atoms with Crippen LogP contribution in [-0.2, 0) is 12.2 Å². The zero-order valence-corrected chi connectivity index (χ0v) is 16.9. The highest BCUT2D eigenvalue weighted by Crippen LogP contribution is 2.30. The molecule has 0 bridgehead atoms. The van der Waals surface area contributed by atoms with E-state index in [4.69, 9.17) is 4.42 Å². The Morgan fingerprint density at radius 2 is 1.68 bits per heavy atom. The van der Waals surface area contributed by atoms with Crippen LogP contribution < -0.4 is 0 Å². The molecule has 4 rings (SSSR count). The van der Waals surface area contributed by atoms with Crippen molar-refractivity contribution in [1.82, 2.24) is 25.0 Å². The molecule has 2 aromatic carbocycles. The summed E-state index contributed by atoms with van der Waals surface area (Å²) >= 11 is 1.54. The molecule has 28 heavy (non-hydrogen) atoms. The van der Waals surface area contributed by atoms with E-state index in [1.54, 1.807) is 0 Å². The van der Waals surface area contributed by atoms with Crippen LogP contribution in [0.5, 0.6) is 0 Å². The summed E-state index contributed by atoms with van der Waals surface area (Å²) in [5.41, 5.74) is 4.54. The molecule has 0 saturated carbocycles. The summed E-state index contributed by atoms with van der Waals surface area (Å²) in [6, 6.07) is 16.5. The number of benzene rings is 2. The second-order valence-electron chi connectivity index (χ2n) is 6.51. The Morgan fingerprint density at radius 1 is 0.893 bits per heavy atom. The first kappa shape index (κ1) is 18.4. The Morgan fingerprint density at radius 3 is 2.39 bits per heavy atom. The van der Waals surface area contributed by atoms with Crippen LogP contribution >= 0.6 is 11.8 Å². The van der Waals surface area contributed by atoms with Crippen molar-refractivity contribution in [2.24, 2.45) is 0 Å². The number of thioether (sulfide) groups is 1. The van der Waals surface area contributed by atoms with Crippen molar-refractivity contribution in [2.75, 3.05) is 0 Å². The Labute approximate surface area is 168 Å². The average Bonchev–Trinajstić information content (AvgIpc) is 3.36. The quantitative estimate of drug-likeness (QED) is 0.440. The zero-order valence-electron chi connectivity index (χ0n) is 16.1. The van der Waals surface area contributed by atoms with E-state index in [1.807, 2.05) is 37.3 Å². The molecule has 0 unspecified atom stereocenters. The lowest BCUT2D eigenvalue weighted by molar-refractivity contribution is 0.470. The molecule has 0 aliphatic heterocycles. The molecule has 4 aromatic rings. The van der Waals surface area contributed by atoms with Crippen molar-refractivity contribution in [3.05, 3.63) is 71.4 Å². The van der Waals surface area contributed by atoms with Crippen LogP contribution in [-0.4, -0.2) is 25.0 Å². The maximum atomic E-state index is 5.63. The smallest absolute Gasteiger partial charge is 0.226 e. The van der Waals surface area contributed by atoms with E-state index in [1.165, 1.54) is 22.9 Å². The van der Waals surface area contributed by atoms with Gasteiger partial charge in [-0.05, 0) is 37.1 Å². The Kier molecular flexibility index (Phi) is 5.25. The number of rotatable bonds is 6. The van der Waals surface area contributed by atoms with Gasteiger partial charge in [-0.1, -0.05) is 55.1 Å². The summed E-state index contributed by atoms with van der Waals surface area (Å²) in [6.45, 7) is 6.22. The van der Waals surface area contributed by atoms with Gasteiger partial charge in [0, 0.05) is 12.0 Å². The fourth-order valence-corrected chi connectivity index (χ4v) is 3.64. The minimum absolute atomic E-state index is 0.546. The molecule has 0 aliphatic carbocycles. The third kappa shape index (κ3) is 3.71. The molecule has 0 atom stereocenters. The first-order valence-corrected chi connectivity index (χ1v) is 10.2. The normalized spacial score (nSPS) is 11.1. The molecule has 0 radical (unpaired) electrons. The monoisotopic (exact) mass is 391 g/mol. The Hall–Kier alpha value is -2.93. The highest BCUT2D eigenvalue weighted by molar-refractivity contribution is 7.98. The van der Waals surface area contributed by atoms with Crippen LogP contribution in [0.3, 0.4) is 0 Å². The molecule has 0 fully saturated rings. The first-order chi connectivity index (χ1) is 13.7. The minimum atomic E-state index is 0.546. The number of hydrogen-bond acceptors (Lipinski definition) is 6. The topological polar surface area (TPSA) is 69.6 Å². The molecule has 0 amide bonds. The molecule has 0 saturated heterocycles. The second kappa shape index (κ2) is 7.98. The van der Waals surface area contributed by atoms with Crippen molar-refractivity contribution in [3.63, 3.8) is 0 Å². The lowest BCUT2D eigenvalue weighted by atomic mass is 10.1. The van der Waals surface area contributed by atoms with Gasteiger partial charge in [0.05, 0.1) is 11.4 Å². The van der Waals surface area contributed by atoms with Crippen LogP contribution in [0.25, 0.3) is 17.1 Å². The van der Waals surface area contributed by atoms with Crippen LogP contribution in [0.1, 0.15) is 29.8 Å². The van der Waals surface area contributed by atoms with Gasteiger partial charge in [0.2, 0.25) is 11.8 Å². The lowest BCUT2D eigenvalue weighted by Gasteiger charge is -2.12. The molecule has 0 spiro atoms. The fourth-order valence-electron chi connectivity index (χ4n) is 2.85. The Bertz CT molecular complexity index is 1090. The molecular formula is C21H21N5OS. The van der Waals surface area contributed by atoms with Gasteiger partial charge < -0.3 is 4.42 Å². The van der Waals surface area contributed by atoms with E-state index in [0.29, 0.717) is 17.5 Å². The third-order valence-electron chi connectivity index (χ3n) is 4.55. The van der Waals surface area contributed by atoms with Gasteiger partial charge in [0.1, 0.15) is 0 Å². The predicted molar refractivity (Wildman–Crippen MR) is 110 cm³/mol.